The molecular formula is C12H22INO2. The van der Waals surface area contributed by atoms with Crippen molar-refractivity contribution < 1.29 is 9.53 Å². The number of ether oxygens (including phenoxy) is 1. The molecule has 0 aliphatic carbocycles. The molecule has 1 amide bonds. The molecule has 0 spiro atoms. The largest absolute Gasteiger partial charge is 0.444 e. The van der Waals surface area contributed by atoms with Crippen molar-refractivity contribution in [2.75, 3.05) is 17.5 Å². The van der Waals surface area contributed by atoms with Gasteiger partial charge >= 0.3 is 6.09 Å². The molecule has 0 bridgehead atoms. The van der Waals surface area contributed by atoms with Crippen LogP contribution in [0.15, 0.2) is 0 Å². The molecule has 0 aromatic rings. The van der Waals surface area contributed by atoms with Crippen LogP contribution in [0.1, 0.15) is 40.0 Å². The molecule has 1 heterocycles. The molecule has 16 heavy (non-hydrogen) atoms. The highest BCUT2D eigenvalue weighted by molar-refractivity contribution is 14.1. The van der Waals surface area contributed by atoms with Crippen LogP contribution in [0.2, 0.25) is 0 Å². The second-order valence-corrected chi connectivity index (χ2v) is 6.49. The van der Waals surface area contributed by atoms with Gasteiger partial charge in [0, 0.05) is 13.1 Å². The second kappa shape index (κ2) is 6.07. The van der Waals surface area contributed by atoms with Gasteiger partial charge in [-0.25, -0.2) is 4.79 Å². The minimum atomic E-state index is -0.382. The van der Waals surface area contributed by atoms with Crippen LogP contribution >= 0.6 is 22.6 Å². The maximum atomic E-state index is 11.9. The summed E-state index contributed by atoms with van der Waals surface area (Å²) < 4.78 is 6.56. The number of halogens is 1. The van der Waals surface area contributed by atoms with Crippen molar-refractivity contribution >= 4 is 28.7 Å². The fourth-order valence-electron chi connectivity index (χ4n) is 1.95. The van der Waals surface area contributed by atoms with Crippen LogP contribution in [0.3, 0.4) is 0 Å². The number of nitrogens with zero attached hydrogens (tertiary/aromatic N) is 1. The first kappa shape index (κ1) is 14.1. The zero-order chi connectivity index (χ0) is 12.2. The van der Waals surface area contributed by atoms with Gasteiger partial charge in [-0.05, 0) is 50.4 Å². The van der Waals surface area contributed by atoms with E-state index in [1.165, 1.54) is 17.3 Å². The first-order valence-electron chi connectivity index (χ1n) is 5.96. The van der Waals surface area contributed by atoms with E-state index in [1.54, 1.807) is 0 Å². The Balaban J connectivity index is 2.44. The molecule has 1 unspecified atom stereocenters. The summed E-state index contributed by atoms with van der Waals surface area (Å²) in [4.78, 5) is 13.7. The summed E-state index contributed by atoms with van der Waals surface area (Å²) in [5, 5.41) is 0. The van der Waals surface area contributed by atoms with E-state index in [0.29, 0.717) is 5.92 Å². The Morgan fingerprint density at radius 3 is 2.75 bits per heavy atom. The van der Waals surface area contributed by atoms with E-state index in [-0.39, 0.29) is 11.7 Å². The molecule has 0 N–H and O–H groups in total. The molecule has 0 saturated carbocycles. The van der Waals surface area contributed by atoms with E-state index in [0.717, 1.165) is 19.5 Å². The van der Waals surface area contributed by atoms with Crippen LogP contribution in [-0.4, -0.2) is 34.1 Å². The van der Waals surface area contributed by atoms with E-state index in [9.17, 15) is 4.79 Å². The number of carbonyl (C=O) groups excluding carboxylic acids is 1. The van der Waals surface area contributed by atoms with Crippen molar-refractivity contribution in [3.05, 3.63) is 0 Å². The quantitative estimate of drug-likeness (QED) is 0.570. The number of amides is 1. The van der Waals surface area contributed by atoms with Gasteiger partial charge in [-0.1, -0.05) is 22.6 Å². The predicted octanol–water partition coefficient (Wildman–Crippen LogP) is 3.46. The first-order valence-corrected chi connectivity index (χ1v) is 7.49. The van der Waals surface area contributed by atoms with E-state index in [2.05, 4.69) is 22.6 Å². The Hall–Kier alpha value is 0. The third-order valence-corrected chi connectivity index (χ3v) is 3.31. The molecule has 1 saturated heterocycles. The van der Waals surface area contributed by atoms with Crippen molar-refractivity contribution in [1.82, 2.24) is 4.90 Å². The standard InChI is InChI=1S/C12H22INO2/c1-12(2,3)16-11(15)14-8-4-5-10(9-14)6-7-13/h10H,4-9H2,1-3H3. The van der Waals surface area contributed by atoms with Crippen molar-refractivity contribution in [3.8, 4) is 0 Å². The fraction of sp³-hybridized carbons (Fsp3) is 0.917. The summed E-state index contributed by atoms with van der Waals surface area (Å²) in [5.74, 6) is 0.665. The third-order valence-electron chi connectivity index (χ3n) is 2.69. The lowest BCUT2D eigenvalue weighted by atomic mass is 9.96. The summed E-state index contributed by atoms with van der Waals surface area (Å²) in [6, 6.07) is 0. The lowest BCUT2D eigenvalue weighted by molar-refractivity contribution is 0.0165. The van der Waals surface area contributed by atoms with Crippen molar-refractivity contribution in [2.24, 2.45) is 5.92 Å². The van der Waals surface area contributed by atoms with Crippen molar-refractivity contribution in [2.45, 2.75) is 45.6 Å². The Labute approximate surface area is 112 Å². The third kappa shape index (κ3) is 4.89. The van der Waals surface area contributed by atoms with Crippen molar-refractivity contribution in [1.29, 1.82) is 0 Å². The molecule has 3 nitrogen and oxygen atoms in total. The lowest BCUT2D eigenvalue weighted by Crippen LogP contribution is -2.42. The van der Waals surface area contributed by atoms with Gasteiger partial charge in [0.25, 0.3) is 0 Å². The van der Waals surface area contributed by atoms with Gasteiger partial charge in [0.05, 0.1) is 0 Å². The SMILES string of the molecule is CC(C)(C)OC(=O)N1CCCC(CCI)C1. The summed E-state index contributed by atoms with van der Waals surface area (Å²) >= 11 is 2.40. The van der Waals surface area contributed by atoms with Crippen LogP contribution in [0, 0.1) is 5.92 Å². The van der Waals surface area contributed by atoms with E-state index in [4.69, 9.17) is 4.74 Å². The molecule has 1 rings (SSSR count). The molecule has 0 radical (unpaired) electrons. The number of alkyl halides is 1. The summed E-state index contributed by atoms with van der Waals surface area (Å²) in [7, 11) is 0. The van der Waals surface area contributed by atoms with Gasteiger partial charge in [0.15, 0.2) is 0 Å². The number of piperidine rings is 1. The predicted molar refractivity (Wildman–Crippen MR) is 74.0 cm³/mol. The minimum absolute atomic E-state index is 0.148. The average molecular weight is 339 g/mol. The number of carbonyl (C=O) groups is 1. The number of hydrogen-bond donors (Lipinski definition) is 0. The molecule has 0 aromatic carbocycles. The summed E-state index contributed by atoms with van der Waals surface area (Å²) in [5.41, 5.74) is -0.382. The Morgan fingerprint density at radius 1 is 1.50 bits per heavy atom. The van der Waals surface area contributed by atoms with Gasteiger partial charge in [-0.2, -0.15) is 0 Å². The molecule has 0 aromatic heterocycles. The molecule has 4 heteroatoms. The highest BCUT2D eigenvalue weighted by Gasteiger charge is 2.27. The molecule has 1 atom stereocenters. The number of rotatable bonds is 2. The monoisotopic (exact) mass is 339 g/mol. The highest BCUT2D eigenvalue weighted by atomic mass is 127. The fourth-order valence-corrected chi connectivity index (χ4v) is 2.83. The van der Waals surface area contributed by atoms with Crippen LogP contribution in [0.25, 0.3) is 0 Å². The topological polar surface area (TPSA) is 29.5 Å². The number of hydrogen-bond acceptors (Lipinski definition) is 2. The van der Waals surface area contributed by atoms with Gasteiger partial charge in [-0.3, -0.25) is 0 Å². The van der Waals surface area contributed by atoms with Gasteiger partial charge < -0.3 is 9.64 Å². The first-order chi connectivity index (χ1) is 7.42. The summed E-state index contributed by atoms with van der Waals surface area (Å²) in [6.45, 7) is 7.47. The van der Waals surface area contributed by atoms with Gasteiger partial charge in [0.2, 0.25) is 0 Å². The van der Waals surface area contributed by atoms with E-state index < -0.39 is 0 Å². The average Bonchev–Trinajstić information content (AvgIpc) is 2.16. The maximum Gasteiger partial charge on any atom is 0.410 e. The maximum absolute atomic E-state index is 11.9. The Bertz CT molecular complexity index is 236. The lowest BCUT2D eigenvalue weighted by Gasteiger charge is -2.34. The van der Waals surface area contributed by atoms with Crippen LogP contribution in [0.5, 0.6) is 0 Å². The second-order valence-electron chi connectivity index (χ2n) is 5.41. The Kier molecular flexibility index (Phi) is 5.34. The smallest absolute Gasteiger partial charge is 0.410 e. The molecule has 94 valence electrons. The zero-order valence-corrected chi connectivity index (χ0v) is 12.6. The van der Waals surface area contributed by atoms with E-state index >= 15 is 0 Å². The van der Waals surface area contributed by atoms with Crippen LogP contribution < -0.4 is 0 Å². The van der Waals surface area contributed by atoms with Crippen LogP contribution in [0.4, 0.5) is 4.79 Å². The molecule has 1 aliphatic rings. The molecule has 1 fully saturated rings. The highest BCUT2D eigenvalue weighted by Crippen LogP contribution is 2.22. The van der Waals surface area contributed by atoms with Gasteiger partial charge in [-0.15, -0.1) is 0 Å². The normalized spacial score (nSPS) is 22.0. The Morgan fingerprint density at radius 2 is 2.19 bits per heavy atom. The van der Waals surface area contributed by atoms with Crippen LogP contribution in [-0.2, 0) is 4.74 Å². The minimum Gasteiger partial charge on any atom is -0.444 e. The van der Waals surface area contributed by atoms with Crippen molar-refractivity contribution in [3.63, 3.8) is 0 Å². The van der Waals surface area contributed by atoms with E-state index in [1.807, 2.05) is 25.7 Å². The zero-order valence-electron chi connectivity index (χ0n) is 10.5. The molecular weight excluding hydrogens is 317 g/mol. The van der Waals surface area contributed by atoms with Gasteiger partial charge in [0.1, 0.15) is 5.60 Å². The summed E-state index contributed by atoms with van der Waals surface area (Å²) in [6.07, 6.45) is 3.42. The molecule has 1 aliphatic heterocycles. The number of likely N-dealkylation sites (tertiary alicyclic amines) is 1.